The average molecular weight is 377 g/mol. The number of carbonyl (C=O) groups is 2. The van der Waals surface area contributed by atoms with E-state index in [4.69, 9.17) is 21.1 Å². The number of hydrogen-bond donors (Lipinski definition) is 2. The summed E-state index contributed by atoms with van der Waals surface area (Å²) in [6.07, 6.45) is 0.578. The van der Waals surface area contributed by atoms with Crippen molar-refractivity contribution in [2.24, 2.45) is 0 Å². The van der Waals surface area contributed by atoms with Gasteiger partial charge in [-0.15, -0.1) is 0 Å². The molecule has 0 bridgehead atoms. The van der Waals surface area contributed by atoms with Gasteiger partial charge in [0.15, 0.2) is 0 Å². The number of amides is 2. The van der Waals surface area contributed by atoms with Crippen molar-refractivity contribution in [2.45, 2.75) is 6.42 Å². The lowest BCUT2D eigenvalue weighted by Gasteiger charge is -2.11. The van der Waals surface area contributed by atoms with E-state index in [9.17, 15) is 9.59 Å². The molecule has 0 heterocycles. The smallest absolute Gasteiger partial charge is 0.251 e. The molecule has 2 rings (SSSR count). The average Bonchev–Trinajstić information content (AvgIpc) is 2.66. The Morgan fingerprint density at radius 1 is 1.04 bits per heavy atom. The Kier molecular flexibility index (Phi) is 7.29. The van der Waals surface area contributed by atoms with Crippen molar-refractivity contribution in [1.29, 1.82) is 0 Å². The van der Waals surface area contributed by atoms with Crippen LogP contribution in [0.2, 0.25) is 5.02 Å². The van der Waals surface area contributed by atoms with Crippen LogP contribution in [-0.4, -0.2) is 39.1 Å². The fraction of sp³-hybridized carbons (Fsp3) is 0.263. The van der Waals surface area contributed by atoms with Gasteiger partial charge in [-0.3, -0.25) is 9.59 Å². The molecule has 2 amide bonds. The molecule has 0 saturated heterocycles. The molecule has 0 aliphatic carbocycles. The highest BCUT2D eigenvalue weighted by Gasteiger charge is 2.09. The minimum absolute atomic E-state index is 0.111. The normalized spacial score (nSPS) is 10.1. The molecule has 138 valence electrons. The zero-order valence-corrected chi connectivity index (χ0v) is 15.4. The largest absolute Gasteiger partial charge is 0.497 e. The summed E-state index contributed by atoms with van der Waals surface area (Å²) < 4.78 is 10.5. The highest BCUT2D eigenvalue weighted by atomic mass is 35.5. The SMILES string of the molecule is COc1ccc(OC)c(CCNC(=O)CNC(=O)c2cccc(Cl)c2)c1. The molecule has 0 fully saturated rings. The number of benzene rings is 2. The quantitative estimate of drug-likeness (QED) is 0.742. The molecule has 0 aromatic heterocycles. The van der Waals surface area contributed by atoms with Crippen LogP contribution in [0.4, 0.5) is 0 Å². The zero-order valence-electron chi connectivity index (χ0n) is 14.7. The number of halogens is 1. The Labute approximate surface area is 157 Å². The topological polar surface area (TPSA) is 76.7 Å². The number of hydrogen-bond acceptors (Lipinski definition) is 4. The Morgan fingerprint density at radius 3 is 2.54 bits per heavy atom. The molecule has 2 aromatic rings. The summed E-state index contributed by atoms with van der Waals surface area (Å²) in [4.78, 5) is 23.9. The van der Waals surface area contributed by atoms with Gasteiger partial charge in [-0.1, -0.05) is 17.7 Å². The van der Waals surface area contributed by atoms with E-state index in [1.54, 1.807) is 38.5 Å². The van der Waals surface area contributed by atoms with Gasteiger partial charge in [-0.25, -0.2) is 0 Å². The van der Waals surface area contributed by atoms with Crippen LogP contribution in [0.25, 0.3) is 0 Å². The van der Waals surface area contributed by atoms with Crippen molar-refractivity contribution in [3.05, 3.63) is 58.6 Å². The number of rotatable bonds is 8. The van der Waals surface area contributed by atoms with Gasteiger partial charge in [-0.2, -0.15) is 0 Å². The fourth-order valence-electron chi connectivity index (χ4n) is 2.37. The summed E-state index contributed by atoms with van der Waals surface area (Å²) in [5.41, 5.74) is 1.33. The summed E-state index contributed by atoms with van der Waals surface area (Å²) in [5.74, 6) is 0.828. The molecule has 0 radical (unpaired) electrons. The van der Waals surface area contributed by atoms with E-state index in [-0.39, 0.29) is 18.4 Å². The summed E-state index contributed by atoms with van der Waals surface area (Å²) in [7, 11) is 3.19. The van der Waals surface area contributed by atoms with E-state index < -0.39 is 0 Å². The van der Waals surface area contributed by atoms with Gasteiger partial charge in [-0.05, 0) is 48.4 Å². The highest BCUT2D eigenvalue weighted by molar-refractivity contribution is 6.30. The molecule has 0 saturated carbocycles. The molecule has 0 aliphatic rings. The van der Waals surface area contributed by atoms with Crippen LogP contribution in [0.15, 0.2) is 42.5 Å². The maximum atomic E-state index is 12.0. The molecular weight excluding hydrogens is 356 g/mol. The number of nitrogens with one attached hydrogen (secondary N) is 2. The number of ether oxygens (including phenoxy) is 2. The minimum atomic E-state index is -0.350. The van der Waals surface area contributed by atoms with E-state index >= 15 is 0 Å². The third-order valence-corrected chi connectivity index (χ3v) is 3.94. The van der Waals surface area contributed by atoms with Crippen LogP contribution in [0.1, 0.15) is 15.9 Å². The second kappa shape index (κ2) is 9.68. The van der Waals surface area contributed by atoms with Crippen molar-refractivity contribution in [2.75, 3.05) is 27.3 Å². The number of carbonyl (C=O) groups excluding carboxylic acids is 2. The third kappa shape index (κ3) is 5.67. The molecule has 26 heavy (non-hydrogen) atoms. The zero-order chi connectivity index (χ0) is 18.9. The van der Waals surface area contributed by atoms with Crippen molar-refractivity contribution >= 4 is 23.4 Å². The first-order chi connectivity index (χ1) is 12.5. The van der Waals surface area contributed by atoms with Gasteiger partial charge in [0.1, 0.15) is 11.5 Å². The van der Waals surface area contributed by atoms with E-state index in [1.165, 1.54) is 0 Å². The highest BCUT2D eigenvalue weighted by Crippen LogP contribution is 2.24. The molecule has 2 N–H and O–H groups in total. The van der Waals surface area contributed by atoms with Crippen molar-refractivity contribution < 1.29 is 19.1 Å². The van der Waals surface area contributed by atoms with Crippen molar-refractivity contribution in [3.63, 3.8) is 0 Å². The van der Waals surface area contributed by atoms with Crippen molar-refractivity contribution in [1.82, 2.24) is 10.6 Å². The Bertz CT molecular complexity index is 780. The van der Waals surface area contributed by atoms with E-state index in [1.807, 2.05) is 18.2 Å². The van der Waals surface area contributed by atoms with Gasteiger partial charge >= 0.3 is 0 Å². The predicted molar refractivity (Wildman–Crippen MR) is 100 cm³/mol. The molecule has 6 nitrogen and oxygen atoms in total. The maximum Gasteiger partial charge on any atom is 0.251 e. The lowest BCUT2D eigenvalue weighted by molar-refractivity contribution is -0.120. The lowest BCUT2D eigenvalue weighted by atomic mass is 10.1. The molecule has 0 aliphatic heterocycles. The molecule has 0 spiro atoms. The van der Waals surface area contributed by atoms with Gasteiger partial charge in [0.05, 0.1) is 20.8 Å². The molecular formula is C19H21ClN2O4. The first kappa shape index (κ1) is 19.6. The Morgan fingerprint density at radius 2 is 1.85 bits per heavy atom. The van der Waals surface area contributed by atoms with Crippen LogP contribution < -0.4 is 20.1 Å². The lowest BCUT2D eigenvalue weighted by Crippen LogP contribution is -2.37. The maximum absolute atomic E-state index is 12.0. The van der Waals surface area contributed by atoms with Crippen LogP contribution in [0, 0.1) is 0 Å². The van der Waals surface area contributed by atoms with Gasteiger partial charge in [0.2, 0.25) is 5.91 Å². The molecule has 2 aromatic carbocycles. The molecule has 0 atom stereocenters. The first-order valence-corrected chi connectivity index (χ1v) is 8.42. The second-order valence-corrected chi connectivity index (χ2v) is 5.91. The first-order valence-electron chi connectivity index (χ1n) is 8.05. The van der Waals surface area contributed by atoms with Crippen LogP contribution in [-0.2, 0) is 11.2 Å². The fourth-order valence-corrected chi connectivity index (χ4v) is 2.56. The summed E-state index contributed by atoms with van der Waals surface area (Å²) in [6.45, 7) is 0.302. The van der Waals surface area contributed by atoms with Gasteiger partial charge in [0, 0.05) is 17.1 Å². The van der Waals surface area contributed by atoms with Crippen LogP contribution in [0.5, 0.6) is 11.5 Å². The molecule has 0 unspecified atom stereocenters. The summed E-state index contributed by atoms with van der Waals surface area (Å²) >= 11 is 5.85. The second-order valence-electron chi connectivity index (χ2n) is 5.47. The monoisotopic (exact) mass is 376 g/mol. The van der Waals surface area contributed by atoms with E-state index in [0.29, 0.717) is 23.6 Å². The van der Waals surface area contributed by atoms with E-state index in [0.717, 1.165) is 17.1 Å². The minimum Gasteiger partial charge on any atom is -0.497 e. The van der Waals surface area contributed by atoms with E-state index in [2.05, 4.69) is 10.6 Å². The predicted octanol–water partition coefficient (Wildman–Crippen LogP) is 2.45. The summed E-state index contributed by atoms with van der Waals surface area (Å²) in [5, 5.41) is 5.79. The van der Waals surface area contributed by atoms with Crippen LogP contribution >= 0.6 is 11.6 Å². The van der Waals surface area contributed by atoms with Gasteiger partial charge < -0.3 is 20.1 Å². The van der Waals surface area contributed by atoms with Crippen LogP contribution in [0.3, 0.4) is 0 Å². The summed E-state index contributed by atoms with van der Waals surface area (Å²) in [6, 6.07) is 12.0. The standard InChI is InChI=1S/C19H21ClN2O4/c1-25-16-6-7-17(26-2)13(11-16)8-9-21-18(23)12-22-19(24)14-4-3-5-15(20)10-14/h3-7,10-11H,8-9,12H2,1-2H3,(H,21,23)(H,22,24). The number of methoxy groups -OCH3 is 2. The third-order valence-electron chi connectivity index (χ3n) is 3.70. The Hall–Kier alpha value is -2.73. The van der Waals surface area contributed by atoms with Crippen molar-refractivity contribution in [3.8, 4) is 11.5 Å². The van der Waals surface area contributed by atoms with Gasteiger partial charge in [0.25, 0.3) is 5.91 Å². The Balaban J connectivity index is 1.79. The molecule has 7 heteroatoms.